The van der Waals surface area contributed by atoms with Crippen LogP contribution in [-0.2, 0) is 16.0 Å². The molecule has 0 aliphatic heterocycles. The van der Waals surface area contributed by atoms with Crippen LogP contribution >= 0.6 is 0 Å². The van der Waals surface area contributed by atoms with Crippen LogP contribution in [0, 0.1) is 0 Å². The summed E-state index contributed by atoms with van der Waals surface area (Å²) < 4.78 is 4.93. The zero-order valence-electron chi connectivity index (χ0n) is 13.9. The number of rotatable bonds is 7. The molecule has 1 amide bonds. The Morgan fingerprint density at radius 1 is 1.41 bits per heavy atom. The number of carbonyl (C=O) groups is 1. The largest absolute Gasteiger partial charge is 0.383 e. The van der Waals surface area contributed by atoms with Crippen molar-refractivity contribution in [1.29, 1.82) is 0 Å². The van der Waals surface area contributed by atoms with Crippen LogP contribution < -0.4 is 10.6 Å². The Balaban J connectivity index is 1.96. The van der Waals surface area contributed by atoms with Gasteiger partial charge in [-0.2, -0.15) is 0 Å². The van der Waals surface area contributed by atoms with Crippen molar-refractivity contribution < 1.29 is 9.53 Å². The summed E-state index contributed by atoms with van der Waals surface area (Å²) in [4.78, 5) is 11.8. The molecule has 122 valence electrons. The Hall–Kier alpha value is -1.39. The molecule has 0 aromatic heterocycles. The highest BCUT2D eigenvalue weighted by Gasteiger charge is 2.21. The van der Waals surface area contributed by atoms with Gasteiger partial charge in [0.05, 0.1) is 13.2 Å². The lowest BCUT2D eigenvalue weighted by molar-refractivity contribution is -0.120. The predicted molar refractivity (Wildman–Crippen MR) is 89.1 cm³/mol. The van der Waals surface area contributed by atoms with Gasteiger partial charge in [0.25, 0.3) is 0 Å². The maximum atomic E-state index is 11.8. The van der Waals surface area contributed by atoms with E-state index < -0.39 is 0 Å². The lowest BCUT2D eigenvalue weighted by atomic mass is 9.85. The molecule has 1 atom stereocenters. The molecule has 1 aliphatic rings. The quantitative estimate of drug-likeness (QED) is 0.761. The van der Waals surface area contributed by atoms with Crippen LogP contribution in [0.1, 0.15) is 55.3 Å². The maximum Gasteiger partial charge on any atom is 0.234 e. The van der Waals surface area contributed by atoms with Gasteiger partial charge < -0.3 is 15.4 Å². The highest BCUT2D eigenvalue weighted by molar-refractivity contribution is 5.78. The van der Waals surface area contributed by atoms with Crippen molar-refractivity contribution in [1.82, 2.24) is 10.6 Å². The van der Waals surface area contributed by atoms with Gasteiger partial charge in [-0.3, -0.25) is 4.79 Å². The minimum Gasteiger partial charge on any atom is -0.383 e. The number of hydrogen-bond donors (Lipinski definition) is 2. The van der Waals surface area contributed by atoms with Gasteiger partial charge in [0, 0.05) is 19.7 Å². The van der Waals surface area contributed by atoms with Crippen LogP contribution in [0.3, 0.4) is 0 Å². The Morgan fingerprint density at radius 2 is 2.23 bits per heavy atom. The zero-order chi connectivity index (χ0) is 15.9. The van der Waals surface area contributed by atoms with E-state index in [1.54, 1.807) is 7.11 Å². The van der Waals surface area contributed by atoms with Gasteiger partial charge in [-0.25, -0.2) is 0 Å². The minimum absolute atomic E-state index is 0.0317. The van der Waals surface area contributed by atoms with Crippen molar-refractivity contribution in [2.24, 2.45) is 0 Å². The number of hydrogen-bond acceptors (Lipinski definition) is 3. The molecule has 1 aliphatic carbocycles. The molecule has 0 saturated heterocycles. The van der Waals surface area contributed by atoms with E-state index in [0.717, 1.165) is 12.8 Å². The normalized spacial score (nSPS) is 17.4. The molecule has 0 heterocycles. The first-order chi connectivity index (χ1) is 10.6. The number of aryl methyl sites for hydroxylation is 1. The summed E-state index contributed by atoms with van der Waals surface area (Å²) in [5.74, 6) is 0.564. The third-order valence-corrected chi connectivity index (χ3v) is 4.29. The first-order valence-corrected chi connectivity index (χ1v) is 8.23. The van der Waals surface area contributed by atoms with E-state index in [2.05, 4.69) is 42.7 Å². The molecule has 0 radical (unpaired) electrons. The van der Waals surface area contributed by atoms with Crippen LogP contribution in [0.2, 0.25) is 0 Å². The van der Waals surface area contributed by atoms with Crippen molar-refractivity contribution in [2.45, 2.75) is 45.1 Å². The van der Waals surface area contributed by atoms with Gasteiger partial charge in [-0.05, 0) is 41.9 Å². The van der Waals surface area contributed by atoms with Gasteiger partial charge in [0.15, 0.2) is 0 Å². The number of fused-ring (bicyclic) bond motifs is 1. The van der Waals surface area contributed by atoms with Crippen molar-refractivity contribution in [2.75, 3.05) is 26.8 Å². The monoisotopic (exact) mass is 304 g/mol. The first-order valence-electron chi connectivity index (χ1n) is 8.23. The molecule has 0 fully saturated rings. The number of nitrogens with one attached hydrogen (secondary N) is 2. The summed E-state index contributed by atoms with van der Waals surface area (Å²) in [6.07, 6.45) is 3.42. The molecule has 0 bridgehead atoms. The average Bonchev–Trinajstić information content (AvgIpc) is 2.52. The van der Waals surface area contributed by atoms with Gasteiger partial charge in [-0.1, -0.05) is 32.0 Å². The summed E-state index contributed by atoms with van der Waals surface area (Å²) in [6, 6.07) is 7.11. The summed E-state index contributed by atoms with van der Waals surface area (Å²) >= 11 is 0. The molecule has 0 spiro atoms. The van der Waals surface area contributed by atoms with Crippen molar-refractivity contribution in [3.63, 3.8) is 0 Å². The lowest BCUT2D eigenvalue weighted by Gasteiger charge is -2.27. The van der Waals surface area contributed by atoms with Crippen molar-refractivity contribution in [3.8, 4) is 0 Å². The first kappa shape index (κ1) is 17.0. The average molecular weight is 304 g/mol. The molecular weight excluding hydrogens is 276 g/mol. The smallest absolute Gasteiger partial charge is 0.234 e. The zero-order valence-corrected chi connectivity index (χ0v) is 13.9. The highest BCUT2D eigenvalue weighted by atomic mass is 16.5. The summed E-state index contributed by atoms with van der Waals surface area (Å²) in [6.45, 7) is 5.91. The number of benzene rings is 1. The predicted octanol–water partition coefficient (Wildman–Crippen LogP) is 2.54. The Kier molecular flexibility index (Phi) is 6.40. The standard InChI is InChI=1S/C18H28N2O2/c1-13(2)15-8-7-14-5-4-6-17(16(14)11-15)20-12-18(21)19-9-10-22-3/h7-8,11,13,17,20H,4-6,9-10,12H2,1-3H3,(H,19,21). The van der Waals surface area contributed by atoms with Gasteiger partial charge in [0.1, 0.15) is 0 Å². The summed E-state index contributed by atoms with van der Waals surface area (Å²) in [7, 11) is 1.63. The number of carbonyl (C=O) groups excluding carboxylic acids is 1. The molecule has 1 aromatic rings. The second-order valence-corrected chi connectivity index (χ2v) is 6.28. The van der Waals surface area contributed by atoms with Crippen LogP contribution in [0.15, 0.2) is 18.2 Å². The van der Waals surface area contributed by atoms with Crippen molar-refractivity contribution in [3.05, 3.63) is 34.9 Å². The van der Waals surface area contributed by atoms with Crippen LogP contribution in [0.25, 0.3) is 0 Å². The molecule has 0 saturated carbocycles. The van der Waals surface area contributed by atoms with E-state index in [4.69, 9.17) is 4.74 Å². The van der Waals surface area contributed by atoms with Gasteiger partial charge in [0.2, 0.25) is 5.91 Å². The molecule has 4 nitrogen and oxygen atoms in total. The molecular formula is C18H28N2O2. The maximum absolute atomic E-state index is 11.8. The molecule has 1 aromatic carbocycles. The Bertz CT molecular complexity index is 500. The molecule has 1 unspecified atom stereocenters. The fourth-order valence-electron chi connectivity index (χ4n) is 2.96. The van der Waals surface area contributed by atoms with E-state index in [-0.39, 0.29) is 11.9 Å². The second kappa shape index (κ2) is 8.30. The topological polar surface area (TPSA) is 50.4 Å². The minimum atomic E-state index is 0.0317. The Morgan fingerprint density at radius 3 is 2.95 bits per heavy atom. The molecule has 4 heteroatoms. The van der Waals surface area contributed by atoms with E-state index in [0.29, 0.717) is 25.6 Å². The third kappa shape index (κ3) is 4.55. The number of methoxy groups -OCH3 is 1. The fraction of sp³-hybridized carbons (Fsp3) is 0.611. The third-order valence-electron chi connectivity index (χ3n) is 4.29. The molecule has 22 heavy (non-hydrogen) atoms. The second-order valence-electron chi connectivity index (χ2n) is 6.28. The summed E-state index contributed by atoms with van der Waals surface area (Å²) in [5.41, 5.74) is 4.17. The SMILES string of the molecule is COCCNC(=O)CNC1CCCc2ccc(C(C)C)cc21. The lowest BCUT2D eigenvalue weighted by Crippen LogP contribution is -2.38. The van der Waals surface area contributed by atoms with Crippen LogP contribution in [-0.4, -0.2) is 32.7 Å². The van der Waals surface area contributed by atoms with Crippen molar-refractivity contribution >= 4 is 5.91 Å². The number of amides is 1. The molecule has 2 rings (SSSR count). The van der Waals surface area contributed by atoms with Crippen LogP contribution in [0.4, 0.5) is 0 Å². The molecule has 2 N–H and O–H groups in total. The number of ether oxygens (including phenoxy) is 1. The van der Waals surface area contributed by atoms with E-state index in [9.17, 15) is 4.79 Å². The van der Waals surface area contributed by atoms with E-state index in [1.807, 2.05) is 0 Å². The van der Waals surface area contributed by atoms with Crippen LogP contribution in [0.5, 0.6) is 0 Å². The van der Waals surface area contributed by atoms with Gasteiger partial charge >= 0.3 is 0 Å². The van der Waals surface area contributed by atoms with E-state index >= 15 is 0 Å². The highest BCUT2D eigenvalue weighted by Crippen LogP contribution is 2.31. The van der Waals surface area contributed by atoms with Gasteiger partial charge in [-0.15, -0.1) is 0 Å². The summed E-state index contributed by atoms with van der Waals surface area (Å²) in [5, 5.41) is 6.27. The van der Waals surface area contributed by atoms with E-state index in [1.165, 1.54) is 23.1 Å². The Labute approximate surface area is 133 Å². The fourth-order valence-corrected chi connectivity index (χ4v) is 2.96.